The van der Waals surface area contributed by atoms with Crippen LogP contribution in [-0.4, -0.2) is 62.7 Å². The van der Waals surface area contributed by atoms with E-state index in [0.717, 1.165) is 37.2 Å². The molecule has 4 rings (SSSR count). The fourth-order valence-electron chi connectivity index (χ4n) is 5.19. The molecule has 0 radical (unpaired) electrons. The zero-order valence-corrected chi connectivity index (χ0v) is 26.8. The number of piperidine rings is 1. The van der Waals surface area contributed by atoms with Crippen LogP contribution in [0.5, 0.6) is 5.75 Å². The van der Waals surface area contributed by atoms with Gasteiger partial charge in [0.25, 0.3) is 5.91 Å². The number of hydrazone groups is 1. The Balaban J connectivity index is 1.59. The maximum absolute atomic E-state index is 13.4. The Morgan fingerprint density at radius 3 is 2.43 bits per heavy atom. The number of rotatable bonds is 14. The molecule has 0 bridgehead atoms. The SMILES string of the molecule is CCOP(=O)(CCCNc1cc(Cl)ccc1C1CC(C(=O)NN2CCCCC2)=NN1c1ccc(Cl)cc1OC)OCC. The van der Waals surface area contributed by atoms with Crippen molar-refractivity contribution in [2.45, 2.75) is 52.0 Å². The third kappa shape index (κ3) is 8.40. The number of ether oxygens (including phenoxy) is 1. The molecule has 230 valence electrons. The molecule has 0 saturated carbocycles. The molecule has 0 spiro atoms. The first kappa shape index (κ1) is 32.6. The van der Waals surface area contributed by atoms with Crippen LogP contribution in [0.15, 0.2) is 41.5 Å². The van der Waals surface area contributed by atoms with Gasteiger partial charge >= 0.3 is 7.60 Å². The summed E-state index contributed by atoms with van der Waals surface area (Å²) in [5.74, 6) is 0.323. The number of carbonyl (C=O) groups is 1. The molecule has 2 N–H and O–H groups in total. The third-order valence-electron chi connectivity index (χ3n) is 7.13. The van der Waals surface area contributed by atoms with Crippen molar-refractivity contribution in [1.82, 2.24) is 10.4 Å². The highest BCUT2D eigenvalue weighted by Crippen LogP contribution is 2.48. The highest BCUT2D eigenvalue weighted by molar-refractivity contribution is 7.53. The van der Waals surface area contributed by atoms with Crippen LogP contribution in [0.1, 0.15) is 57.6 Å². The van der Waals surface area contributed by atoms with E-state index in [9.17, 15) is 9.36 Å². The van der Waals surface area contributed by atoms with Gasteiger partial charge in [-0.05, 0) is 57.4 Å². The van der Waals surface area contributed by atoms with Gasteiger partial charge in [-0.1, -0.05) is 35.7 Å². The van der Waals surface area contributed by atoms with E-state index in [-0.39, 0.29) is 11.9 Å². The molecular formula is C29H40Cl2N5O5P. The Labute approximate surface area is 258 Å². The second-order valence-corrected chi connectivity index (χ2v) is 13.2. The van der Waals surface area contributed by atoms with Gasteiger partial charge in [0.15, 0.2) is 0 Å². The van der Waals surface area contributed by atoms with Crippen molar-refractivity contribution >= 4 is 53.8 Å². The molecule has 1 saturated heterocycles. The van der Waals surface area contributed by atoms with Crippen LogP contribution < -0.4 is 20.5 Å². The van der Waals surface area contributed by atoms with Crippen LogP contribution >= 0.6 is 30.8 Å². The minimum absolute atomic E-state index is 0.219. The quantitative estimate of drug-likeness (QED) is 0.170. The number of hydrogen-bond donors (Lipinski definition) is 2. The van der Waals surface area contributed by atoms with E-state index in [1.54, 1.807) is 33.1 Å². The van der Waals surface area contributed by atoms with Gasteiger partial charge in [-0.15, -0.1) is 0 Å². The molecule has 1 amide bonds. The van der Waals surface area contributed by atoms with E-state index >= 15 is 0 Å². The van der Waals surface area contributed by atoms with Crippen molar-refractivity contribution in [3.8, 4) is 5.75 Å². The lowest BCUT2D eigenvalue weighted by Crippen LogP contribution is -2.47. The van der Waals surface area contributed by atoms with Gasteiger partial charge in [0.1, 0.15) is 17.1 Å². The van der Waals surface area contributed by atoms with E-state index in [1.165, 1.54) is 6.42 Å². The number of amides is 1. The highest BCUT2D eigenvalue weighted by Gasteiger charge is 2.36. The highest BCUT2D eigenvalue weighted by atomic mass is 35.5. The van der Waals surface area contributed by atoms with Crippen molar-refractivity contribution in [1.29, 1.82) is 0 Å². The minimum Gasteiger partial charge on any atom is -0.494 e. The summed E-state index contributed by atoms with van der Waals surface area (Å²) in [7, 11) is -1.57. The van der Waals surface area contributed by atoms with Crippen molar-refractivity contribution < 1.29 is 23.1 Å². The van der Waals surface area contributed by atoms with Crippen LogP contribution in [0, 0.1) is 0 Å². The predicted molar refractivity (Wildman–Crippen MR) is 169 cm³/mol. The van der Waals surface area contributed by atoms with Crippen molar-refractivity contribution in [3.05, 3.63) is 52.0 Å². The van der Waals surface area contributed by atoms with E-state index < -0.39 is 7.60 Å². The molecule has 1 atom stereocenters. The van der Waals surface area contributed by atoms with Crippen LogP contribution in [0.4, 0.5) is 11.4 Å². The summed E-state index contributed by atoms with van der Waals surface area (Å²) in [6.45, 7) is 6.40. The predicted octanol–water partition coefficient (Wildman–Crippen LogP) is 6.89. The first-order valence-corrected chi connectivity index (χ1v) is 16.9. The fraction of sp³-hybridized carbons (Fsp3) is 0.517. The lowest BCUT2D eigenvalue weighted by atomic mass is 9.99. The van der Waals surface area contributed by atoms with E-state index in [1.807, 2.05) is 34.3 Å². The summed E-state index contributed by atoms with van der Waals surface area (Å²) in [6.07, 6.45) is 4.48. The molecule has 2 aliphatic rings. The molecule has 2 heterocycles. The molecule has 0 aliphatic carbocycles. The average molecular weight is 641 g/mol. The maximum atomic E-state index is 13.4. The summed E-state index contributed by atoms with van der Waals surface area (Å²) in [5.41, 5.74) is 5.83. The van der Waals surface area contributed by atoms with E-state index in [2.05, 4.69) is 10.7 Å². The fourth-order valence-corrected chi connectivity index (χ4v) is 7.19. The topological polar surface area (TPSA) is 105 Å². The van der Waals surface area contributed by atoms with Gasteiger partial charge in [-0.3, -0.25) is 19.8 Å². The number of nitrogens with zero attached hydrogens (tertiary/aromatic N) is 3. The largest absolute Gasteiger partial charge is 0.494 e. The minimum atomic E-state index is -3.15. The molecule has 42 heavy (non-hydrogen) atoms. The lowest BCUT2D eigenvalue weighted by Gasteiger charge is -2.27. The van der Waals surface area contributed by atoms with Crippen LogP contribution in [-0.2, 0) is 18.4 Å². The number of hydrogen-bond acceptors (Lipinski definition) is 9. The second kappa shape index (κ2) is 15.4. The molecule has 0 aromatic heterocycles. The van der Waals surface area contributed by atoms with Gasteiger partial charge in [0.2, 0.25) is 0 Å². The van der Waals surface area contributed by atoms with Crippen molar-refractivity contribution in [3.63, 3.8) is 0 Å². The summed E-state index contributed by atoms with van der Waals surface area (Å²) in [6, 6.07) is 10.6. The number of methoxy groups -OCH3 is 1. The molecule has 1 fully saturated rings. The van der Waals surface area contributed by atoms with Gasteiger partial charge in [0, 0.05) is 53.4 Å². The third-order valence-corrected chi connectivity index (χ3v) is 9.76. The zero-order valence-electron chi connectivity index (χ0n) is 24.4. The molecule has 2 aromatic rings. The summed E-state index contributed by atoms with van der Waals surface area (Å²) >= 11 is 12.7. The Morgan fingerprint density at radius 2 is 1.74 bits per heavy atom. The monoisotopic (exact) mass is 639 g/mol. The van der Waals surface area contributed by atoms with Gasteiger partial charge in [0.05, 0.1) is 32.5 Å². The van der Waals surface area contributed by atoms with Gasteiger partial charge < -0.3 is 19.1 Å². The summed E-state index contributed by atoms with van der Waals surface area (Å²) in [5, 5.41) is 13.1. The van der Waals surface area contributed by atoms with Gasteiger partial charge in [-0.25, -0.2) is 5.01 Å². The van der Waals surface area contributed by atoms with Crippen LogP contribution in [0.25, 0.3) is 0 Å². The molecular weight excluding hydrogens is 600 g/mol. The number of nitrogens with one attached hydrogen (secondary N) is 2. The molecule has 2 aromatic carbocycles. The standard InChI is InChI=1S/C29H40Cl2N5O5P/c1-4-40-42(38,41-5-2)17-9-14-32-24-18-21(30)10-12-23(24)27-20-25(29(37)34-35-15-7-6-8-16-35)33-36(27)26-13-11-22(31)19-28(26)39-3/h10-13,18-19,27,32H,4-9,14-17,20H2,1-3H3,(H,34,37). The Morgan fingerprint density at radius 1 is 1.05 bits per heavy atom. The summed E-state index contributed by atoms with van der Waals surface area (Å²) < 4.78 is 29.4. The van der Waals surface area contributed by atoms with Crippen molar-refractivity contribution in [2.24, 2.45) is 5.10 Å². The van der Waals surface area contributed by atoms with Crippen LogP contribution in [0.2, 0.25) is 10.0 Å². The first-order valence-electron chi connectivity index (χ1n) is 14.4. The molecule has 2 aliphatic heterocycles. The maximum Gasteiger partial charge on any atom is 0.330 e. The van der Waals surface area contributed by atoms with Crippen molar-refractivity contribution in [2.75, 3.05) is 56.4 Å². The Hall–Kier alpha value is -2.33. The number of halogens is 2. The summed E-state index contributed by atoms with van der Waals surface area (Å²) in [4.78, 5) is 13.4. The first-order chi connectivity index (χ1) is 20.3. The second-order valence-electron chi connectivity index (χ2n) is 10.1. The number of benzene rings is 2. The number of anilines is 2. The van der Waals surface area contributed by atoms with E-state index in [4.69, 9.17) is 42.1 Å². The average Bonchev–Trinajstić information content (AvgIpc) is 3.41. The lowest BCUT2D eigenvalue weighted by molar-refractivity contribution is -0.119. The van der Waals surface area contributed by atoms with Crippen LogP contribution in [0.3, 0.4) is 0 Å². The molecule has 1 unspecified atom stereocenters. The number of carbonyl (C=O) groups excluding carboxylic acids is 1. The van der Waals surface area contributed by atoms with E-state index in [0.29, 0.717) is 66.0 Å². The smallest absolute Gasteiger partial charge is 0.330 e. The zero-order chi connectivity index (χ0) is 30.1. The molecule has 10 nitrogen and oxygen atoms in total. The Kier molecular flexibility index (Phi) is 12.0. The Bertz CT molecular complexity index is 1300. The number of hydrazine groups is 1. The molecule has 13 heteroatoms. The van der Waals surface area contributed by atoms with Gasteiger partial charge in [-0.2, -0.15) is 5.10 Å². The normalized spacial score (nSPS) is 17.7.